The van der Waals surface area contributed by atoms with Gasteiger partial charge in [-0.3, -0.25) is 0 Å². The van der Waals surface area contributed by atoms with Crippen LogP contribution in [0.5, 0.6) is 0 Å². The van der Waals surface area contributed by atoms with E-state index in [0.29, 0.717) is 6.33 Å². The van der Waals surface area contributed by atoms with Crippen molar-refractivity contribution in [3.05, 3.63) is 24.6 Å². The molecule has 0 aromatic carbocycles. The highest BCUT2D eigenvalue weighted by atomic mass is 19.1. The van der Waals surface area contributed by atoms with Gasteiger partial charge in [0.2, 0.25) is 0 Å². The fourth-order valence-electron chi connectivity index (χ4n) is 0.539. The first kappa shape index (κ1) is 8.41. The van der Waals surface area contributed by atoms with Crippen molar-refractivity contribution >= 4 is 0 Å². The molecule has 0 aromatic rings. The van der Waals surface area contributed by atoms with Gasteiger partial charge in [-0.2, -0.15) is 0 Å². The highest BCUT2D eigenvalue weighted by Gasteiger charge is 1.74. The third-order valence-electron chi connectivity index (χ3n) is 1.04. The van der Waals surface area contributed by atoms with Gasteiger partial charge in [0.1, 0.15) is 0 Å². The molecule has 0 aliphatic rings. The maximum absolute atomic E-state index is 11.3. The average Bonchev–Trinajstić information content (AvgIpc) is 1.89. The molecule has 0 radical (unpaired) electrons. The van der Waals surface area contributed by atoms with Crippen LogP contribution < -0.4 is 0 Å². The lowest BCUT2D eigenvalue weighted by atomic mass is 10.2. The van der Waals surface area contributed by atoms with E-state index in [9.17, 15) is 4.39 Å². The molecule has 9 heavy (non-hydrogen) atoms. The molecule has 0 nitrogen and oxygen atoms in total. The number of halogens is 1. The number of allylic oxidation sites excluding steroid dienone is 3. The van der Waals surface area contributed by atoms with E-state index in [-0.39, 0.29) is 0 Å². The Morgan fingerprint density at radius 3 is 2.67 bits per heavy atom. The molecule has 0 bridgehead atoms. The van der Waals surface area contributed by atoms with Gasteiger partial charge in [-0.05, 0) is 12.5 Å². The second-order valence-electron chi connectivity index (χ2n) is 1.89. The van der Waals surface area contributed by atoms with Crippen LogP contribution in [0.3, 0.4) is 0 Å². The molecule has 0 aromatic heterocycles. The number of unbranched alkanes of at least 4 members (excludes halogenated alkanes) is 2. The van der Waals surface area contributed by atoms with Gasteiger partial charge in [-0.25, -0.2) is 4.39 Å². The van der Waals surface area contributed by atoms with E-state index in [1.165, 1.54) is 18.9 Å². The van der Waals surface area contributed by atoms with Gasteiger partial charge in [-0.1, -0.05) is 31.9 Å². The highest BCUT2D eigenvalue weighted by molar-refractivity contribution is 4.98. The Hall–Kier alpha value is -0.590. The summed E-state index contributed by atoms with van der Waals surface area (Å²) in [7, 11) is 0. The van der Waals surface area contributed by atoms with Gasteiger partial charge in [0, 0.05) is 0 Å². The molecule has 0 fully saturated rings. The first-order valence-electron chi connectivity index (χ1n) is 3.33. The molecule has 0 rings (SSSR count). The molecular formula is C8H13F. The van der Waals surface area contributed by atoms with Crippen LogP contribution in [0.2, 0.25) is 0 Å². The summed E-state index contributed by atoms with van der Waals surface area (Å²) >= 11 is 0. The standard InChI is InChI=1S/C8H13F/c1-2-3-4-5-6-7-8-9/h5-8H,2-4H2,1H3. The second-order valence-corrected chi connectivity index (χ2v) is 1.89. The Labute approximate surface area is 56.1 Å². The summed E-state index contributed by atoms with van der Waals surface area (Å²) in [6, 6.07) is 0. The molecular weight excluding hydrogens is 115 g/mol. The van der Waals surface area contributed by atoms with Crippen LogP contribution in [0, 0.1) is 0 Å². The molecule has 0 amide bonds. The van der Waals surface area contributed by atoms with Crippen molar-refractivity contribution in [1.29, 1.82) is 0 Å². The van der Waals surface area contributed by atoms with E-state index in [2.05, 4.69) is 6.92 Å². The molecule has 0 unspecified atom stereocenters. The van der Waals surface area contributed by atoms with Crippen molar-refractivity contribution in [2.45, 2.75) is 26.2 Å². The molecule has 0 aliphatic heterocycles. The molecule has 0 aliphatic carbocycles. The third-order valence-corrected chi connectivity index (χ3v) is 1.04. The summed E-state index contributed by atoms with van der Waals surface area (Å²) in [6.45, 7) is 2.14. The van der Waals surface area contributed by atoms with Crippen molar-refractivity contribution in [3.63, 3.8) is 0 Å². The van der Waals surface area contributed by atoms with Gasteiger partial charge < -0.3 is 0 Å². The largest absolute Gasteiger partial charge is 0.216 e. The Balaban J connectivity index is 3.04. The zero-order chi connectivity index (χ0) is 6.95. The van der Waals surface area contributed by atoms with Gasteiger partial charge in [-0.15, -0.1) is 0 Å². The van der Waals surface area contributed by atoms with E-state index >= 15 is 0 Å². The lowest BCUT2D eigenvalue weighted by Crippen LogP contribution is -1.64. The SMILES string of the molecule is CCCCC=CC=CF. The number of hydrogen-bond donors (Lipinski definition) is 0. The fraction of sp³-hybridized carbons (Fsp3) is 0.500. The van der Waals surface area contributed by atoms with Crippen molar-refractivity contribution in [3.8, 4) is 0 Å². The first-order valence-corrected chi connectivity index (χ1v) is 3.33. The molecule has 1 heteroatoms. The van der Waals surface area contributed by atoms with Crippen LogP contribution in [-0.4, -0.2) is 0 Å². The smallest absolute Gasteiger partial charge is 0.0866 e. The molecule has 0 saturated heterocycles. The Kier molecular flexibility index (Phi) is 6.92. The minimum Gasteiger partial charge on any atom is -0.216 e. The van der Waals surface area contributed by atoms with Crippen LogP contribution in [0.1, 0.15) is 26.2 Å². The van der Waals surface area contributed by atoms with Crippen LogP contribution in [0.4, 0.5) is 4.39 Å². The highest BCUT2D eigenvalue weighted by Crippen LogP contribution is 1.94. The summed E-state index contributed by atoms with van der Waals surface area (Å²) in [6.07, 6.45) is 9.09. The predicted octanol–water partition coefficient (Wildman–Crippen LogP) is 3.22. The van der Waals surface area contributed by atoms with Crippen LogP contribution in [0.25, 0.3) is 0 Å². The van der Waals surface area contributed by atoms with Crippen molar-refractivity contribution in [2.75, 3.05) is 0 Å². The lowest BCUT2D eigenvalue weighted by molar-refractivity contribution is 0.721. The van der Waals surface area contributed by atoms with Gasteiger partial charge in [0.25, 0.3) is 0 Å². The molecule has 52 valence electrons. The van der Waals surface area contributed by atoms with E-state index < -0.39 is 0 Å². The Bertz CT molecular complexity index is 92.7. The van der Waals surface area contributed by atoms with Gasteiger partial charge >= 0.3 is 0 Å². The zero-order valence-corrected chi connectivity index (χ0v) is 5.81. The zero-order valence-electron chi connectivity index (χ0n) is 5.81. The van der Waals surface area contributed by atoms with Gasteiger partial charge in [0.05, 0.1) is 6.33 Å². The minimum absolute atomic E-state index is 0.544. The molecule has 0 heterocycles. The van der Waals surface area contributed by atoms with Gasteiger partial charge in [0.15, 0.2) is 0 Å². The summed E-state index contributed by atoms with van der Waals surface area (Å²) in [5.74, 6) is 0. The molecule has 0 atom stereocenters. The van der Waals surface area contributed by atoms with E-state index in [1.807, 2.05) is 6.08 Å². The van der Waals surface area contributed by atoms with E-state index in [0.717, 1.165) is 6.42 Å². The number of hydrogen-bond acceptors (Lipinski definition) is 0. The lowest BCUT2D eigenvalue weighted by Gasteiger charge is -1.84. The van der Waals surface area contributed by atoms with Crippen LogP contribution in [-0.2, 0) is 0 Å². The van der Waals surface area contributed by atoms with Crippen molar-refractivity contribution < 1.29 is 4.39 Å². The average molecular weight is 128 g/mol. The van der Waals surface area contributed by atoms with Crippen LogP contribution in [0.15, 0.2) is 24.6 Å². The Morgan fingerprint density at radius 2 is 2.11 bits per heavy atom. The van der Waals surface area contributed by atoms with Crippen LogP contribution >= 0.6 is 0 Å². The monoisotopic (exact) mass is 128 g/mol. The van der Waals surface area contributed by atoms with Crippen molar-refractivity contribution in [1.82, 2.24) is 0 Å². The first-order chi connectivity index (χ1) is 4.41. The quantitative estimate of drug-likeness (QED) is 0.403. The maximum atomic E-state index is 11.3. The van der Waals surface area contributed by atoms with E-state index in [4.69, 9.17) is 0 Å². The Morgan fingerprint density at radius 1 is 1.33 bits per heavy atom. The van der Waals surface area contributed by atoms with E-state index in [1.54, 1.807) is 6.08 Å². The summed E-state index contributed by atoms with van der Waals surface area (Å²) in [4.78, 5) is 0. The summed E-state index contributed by atoms with van der Waals surface area (Å²) < 4.78 is 11.3. The predicted molar refractivity (Wildman–Crippen MR) is 38.9 cm³/mol. The second kappa shape index (κ2) is 7.41. The summed E-state index contributed by atoms with van der Waals surface area (Å²) in [5, 5.41) is 0. The van der Waals surface area contributed by atoms with Crippen molar-refractivity contribution in [2.24, 2.45) is 0 Å². The third kappa shape index (κ3) is 7.41. The maximum Gasteiger partial charge on any atom is 0.0866 e. The molecule has 0 N–H and O–H groups in total. The number of rotatable bonds is 4. The molecule has 0 saturated carbocycles. The topological polar surface area (TPSA) is 0 Å². The summed E-state index contributed by atoms with van der Waals surface area (Å²) in [5.41, 5.74) is 0. The minimum atomic E-state index is 0.544. The normalized spacial score (nSPS) is 11.8. The fourth-order valence-corrected chi connectivity index (χ4v) is 0.539. The molecule has 0 spiro atoms.